The van der Waals surface area contributed by atoms with Crippen LogP contribution in [-0.4, -0.2) is 9.13 Å². The lowest BCUT2D eigenvalue weighted by Gasteiger charge is -2.13. The van der Waals surface area contributed by atoms with E-state index in [2.05, 4.69) is 204 Å². The van der Waals surface area contributed by atoms with Gasteiger partial charge in [-0.05, 0) is 144 Å². The van der Waals surface area contributed by atoms with Gasteiger partial charge in [-0.3, -0.25) is 0 Å². The van der Waals surface area contributed by atoms with Crippen LogP contribution in [0.1, 0.15) is 104 Å². The maximum atomic E-state index is 3.78. The van der Waals surface area contributed by atoms with Crippen molar-refractivity contribution in [3.8, 4) is 22.5 Å². The highest BCUT2D eigenvalue weighted by Gasteiger charge is 2.17. The zero-order valence-electron chi connectivity index (χ0n) is 36.6. The SMILES string of the molecule is CC(C)CCCC(C)CCc1ccc2c(c1)c1ccc(Br)cc1n2-c1ccc(-c2ccc(-n3c4ccc(CCC(C)CCCC(C)C)cc4c4ccc(Br)cc43)cc2)cc1. The minimum Gasteiger partial charge on any atom is -0.309 e. The molecule has 310 valence electrons. The Hall–Kier alpha value is -4.12. The highest BCUT2D eigenvalue weighted by atomic mass is 79.9. The largest absolute Gasteiger partial charge is 0.309 e. The predicted octanol–water partition coefficient (Wildman–Crippen LogP) is 17.9. The Morgan fingerprint density at radius 1 is 0.383 bits per heavy atom. The number of aromatic nitrogens is 2. The van der Waals surface area contributed by atoms with E-state index in [0.29, 0.717) is 0 Å². The molecular formula is C56H62Br2N2. The third-order valence-electron chi connectivity index (χ3n) is 13.0. The van der Waals surface area contributed by atoms with Crippen LogP contribution in [0.15, 0.2) is 130 Å². The van der Waals surface area contributed by atoms with Gasteiger partial charge in [-0.15, -0.1) is 0 Å². The predicted molar refractivity (Wildman–Crippen MR) is 268 cm³/mol. The molecule has 6 aromatic carbocycles. The zero-order valence-corrected chi connectivity index (χ0v) is 39.7. The highest BCUT2D eigenvalue weighted by Crippen LogP contribution is 2.38. The van der Waals surface area contributed by atoms with E-state index < -0.39 is 0 Å². The van der Waals surface area contributed by atoms with E-state index in [1.165, 1.54) is 129 Å². The van der Waals surface area contributed by atoms with Crippen molar-refractivity contribution >= 4 is 75.5 Å². The molecule has 4 heteroatoms. The van der Waals surface area contributed by atoms with E-state index in [0.717, 1.165) is 45.5 Å². The van der Waals surface area contributed by atoms with Crippen LogP contribution in [0, 0.1) is 23.7 Å². The lowest BCUT2D eigenvalue weighted by Crippen LogP contribution is -1.99. The minimum absolute atomic E-state index is 0.754. The van der Waals surface area contributed by atoms with E-state index >= 15 is 0 Å². The summed E-state index contributed by atoms with van der Waals surface area (Å²) in [4.78, 5) is 0. The zero-order chi connectivity index (χ0) is 41.9. The molecule has 0 saturated heterocycles. The van der Waals surface area contributed by atoms with Crippen LogP contribution in [0.5, 0.6) is 0 Å². The second-order valence-corrected chi connectivity index (χ2v) is 20.6. The van der Waals surface area contributed by atoms with Gasteiger partial charge in [0.05, 0.1) is 22.1 Å². The monoisotopic (exact) mass is 920 g/mol. The number of benzene rings is 6. The highest BCUT2D eigenvalue weighted by molar-refractivity contribution is 9.10. The van der Waals surface area contributed by atoms with Gasteiger partial charge in [-0.2, -0.15) is 0 Å². The Morgan fingerprint density at radius 3 is 1.17 bits per heavy atom. The van der Waals surface area contributed by atoms with Gasteiger partial charge in [-0.1, -0.05) is 160 Å². The Morgan fingerprint density at radius 2 is 0.783 bits per heavy atom. The number of fused-ring (bicyclic) bond motifs is 6. The van der Waals surface area contributed by atoms with E-state index in [1.54, 1.807) is 0 Å². The molecule has 2 nitrogen and oxygen atoms in total. The smallest absolute Gasteiger partial charge is 0.0552 e. The number of hydrogen-bond acceptors (Lipinski definition) is 0. The average Bonchev–Trinajstić information content (AvgIpc) is 3.72. The average molecular weight is 923 g/mol. The summed E-state index contributed by atoms with van der Waals surface area (Å²) in [5, 5.41) is 5.26. The molecule has 0 fully saturated rings. The van der Waals surface area contributed by atoms with Gasteiger partial charge in [0.25, 0.3) is 0 Å². The third kappa shape index (κ3) is 9.51. The first-order chi connectivity index (χ1) is 29.0. The van der Waals surface area contributed by atoms with Crippen molar-refractivity contribution in [1.82, 2.24) is 9.13 Å². The van der Waals surface area contributed by atoms with Gasteiger partial charge in [0.1, 0.15) is 0 Å². The molecule has 60 heavy (non-hydrogen) atoms. The molecule has 2 unspecified atom stereocenters. The molecule has 0 aliphatic heterocycles. The summed E-state index contributed by atoms with van der Waals surface area (Å²) in [5.41, 5.74) is 12.6. The van der Waals surface area contributed by atoms with Crippen molar-refractivity contribution < 1.29 is 0 Å². The Labute approximate surface area is 375 Å². The molecular weight excluding hydrogens is 860 g/mol. The summed E-state index contributed by atoms with van der Waals surface area (Å²) >= 11 is 7.56. The van der Waals surface area contributed by atoms with Crippen molar-refractivity contribution in [2.75, 3.05) is 0 Å². The fraction of sp³-hybridized carbons (Fsp3) is 0.357. The first-order valence-electron chi connectivity index (χ1n) is 22.7. The normalized spacial score (nSPS) is 13.2. The topological polar surface area (TPSA) is 9.86 Å². The van der Waals surface area contributed by atoms with Crippen LogP contribution >= 0.6 is 31.9 Å². The molecule has 2 aromatic heterocycles. The molecule has 0 aliphatic carbocycles. The molecule has 0 amide bonds. The van der Waals surface area contributed by atoms with Gasteiger partial charge in [-0.25, -0.2) is 0 Å². The lowest BCUT2D eigenvalue weighted by atomic mass is 9.94. The summed E-state index contributed by atoms with van der Waals surface area (Å²) in [5.74, 6) is 3.10. The number of aryl methyl sites for hydroxylation is 2. The fourth-order valence-electron chi connectivity index (χ4n) is 9.42. The fourth-order valence-corrected chi connectivity index (χ4v) is 10.1. The standard InChI is InChI=1S/C56H62Br2N2/c1-37(2)9-7-11-39(5)13-15-41-17-31-53-51(33-41)49-29-23-45(57)35-55(49)59(53)47-25-19-43(20-26-47)44-21-27-48(28-22-44)60-54-32-18-42(16-14-40(6)12-8-10-38(3)4)34-52(54)50-30-24-46(58)36-56(50)60/h17-40H,7-16H2,1-6H3. The van der Waals surface area contributed by atoms with Crippen LogP contribution in [0.2, 0.25) is 0 Å². The second kappa shape index (κ2) is 18.9. The Kier molecular flexibility index (Phi) is 13.4. The molecule has 0 radical (unpaired) electrons. The number of nitrogens with zero attached hydrogens (tertiary/aromatic N) is 2. The van der Waals surface area contributed by atoms with Crippen molar-refractivity contribution in [3.63, 3.8) is 0 Å². The molecule has 0 bridgehead atoms. The summed E-state index contributed by atoms with van der Waals surface area (Å²) in [6.07, 6.45) is 12.7. The molecule has 8 rings (SSSR count). The van der Waals surface area contributed by atoms with Crippen molar-refractivity contribution in [3.05, 3.63) is 141 Å². The van der Waals surface area contributed by atoms with Crippen LogP contribution in [0.3, 0.4) is 0 Å². The van der Waals surface area contributed by atoms with E-state index in [1.807, 2.05) is 0 Å². The van der Waals surface area contributed by atoms with Gasteiger partial charge in [0.2, 0.25) is 0 Å². The molecule has 0 aliphatic rings. The first kappa shape index (κ1) is 42.6. The number of halogens is 2. The van der Waals surface area contributed by atoms with Gasteiger partial charge < -0.3 is 9.13 Å². The molecule has 8 aromatic rings. The van der Waals surface area contributed by atoms with Crippen molar-refractivity contribution in [2.45, 2.75) is 106 Å². The molecule has 2 heterocycles. The third-order valence-corrected chi connectivity index (χ3v) is 14.0. The van der Waals surface area contributed by atoms with Gasteiger partial charge in [0.15, 0.2) is 0 Å². The van der Waals surface area contributed by atoms with Gasteiger partial charge >= 0.3 is 0 Å². The van der Waals surface area contributed by atoms with Crippen molar-refractivity contribution in [1.29, 1.82) is 0 Å². The lowest BCUT2D eigenvalue weighted by molar-refractivity contribution is 0.437. The quantitative estimate of drug-likeness (QED) is 0.0861. The van der Waals surface area contributed by atoms with Crippen LogP contribution < -0.4 is 0 Å². The molecule has 0 spiro atoms. The van der Waals surface area contributed by atoms with Crippen molar-refractivity contribution in [2.24, 2.45) is 23.7 Å². The summed E-state index contributed by atoms with van der Waals surface area (Å²) in [7, 11) is 0. The summed E-state index contributed by atoms with van der Waals surface area (Å²) in [6.45, 7) is 14.2. The minimum atomic E-state index is 0.754. The second-order valence-electron chi connectivity index (χ2n) is 18.7. The molecule has 2 atom stereocenters. The van der Waals surface area contributed by atoms with Crippen LogP contribution in [0.4, 0.5) is 0 Å². The molecule has 0 N–H and O–H groups in total. The molecule has 0 saturated carbocycles. The van der Waals surface area contributed by atoms with Crippen LogP contribution in [-0.2, 0) is 12.8 Å². The number of rotatable bonds is 17. The maximum Gasteiger partial charge on any atom is 0.0552 e. The van der Waals surface area contributed by atoms with Crippen LogP contribution in [0.25, 0.3) is 66.1 Å². The summed E-state index contributed by atoms with van der Waals surface area (Å²) < 4.78 is 7.06. The Balaban J connectivity index is 1.04. The maximum absolute atomic E-state index is 3.78. The van der Waals surface area contributed by atoms with Gasteiger partial charge in [0, 0.05) is 41.9 Å². The number of hydrogen-bond donors (Lipinski definition) is 0. The first-order valence-corrected chi connectivity index (χ1v) is 24.3. The summed E-state index contributed by atoms with van der Waals surface area (Å²) in [6, 6.07) is 46.0. The van der Waals surface area contributed by atoms with E-state index in [-0.39, 0.29) is 0 Å². The Bertz CT molecular complexity index is 2520. The van der Waals surface area contributed by atoms with E-state index in [4.69, 9.17) is 0 Å². The van der Waals surface area contributed by atoms with E-state index in [9.17, 15) is 0 Å².